The molecule has 0 aliphatic carbocycles. The van der Waals surface area contributed by atoms with Crippen molar-refractivity contribution in [3.8, 4) is 0 Å². The minimum atomic E-state index is -0.127. The number of hydrogen-bond donors (Lipinski definition) is 1. The highest BCUT2D eigenvalue weighted by atomic mass is 16.3. The summed E-state index contributed by atoms with van der Waals surface area (Å²) in [6.07, 6.45) is 2.09. The Morgan fingerprint density at radius 2 is 1.85 bits per heavy atom. The molecule has 2 heteroatoms. The minimum absolute atomic E-state index is 0.127. The first-order chi connectivity index (χ1) is 6.11. The van der Waals surface area contributed by atoms with Gasteiger partial charge in [0.2, 0.25) is 0 Å². The number of aliphatic hydroxyl groups is 1. The Hall–Kier alpha value is -0.0800. The molecule has 1 aliphatic heterocycles. The second-order valence-electron chi connectivity index (χ2n) is 4.73. The highest BCUT2D eigenvalue weighted by Gasteiger charge is 2.22. The number of piperidine rings is 1. The van der Waals surface area contributed by atoms with Crippen molar-refractivity contribution in [3.63, 3.8) is 0 Å². The van der Waals surface area contributed by atoms with Gasteiger partial charge >= 0.3 is 0 Å². The number of likely N-dealkylation sites (tertiary alicyclic amines) is 1. The number of rotatable bonds is 3. The molecule has 0 amide bonds. The van der Waals surface area contributed by atoms with E-state index < -0.39 is 0 Å². The van der Waals surface area contributed by atoms with Crippen LogP contribution in [0.1, 0.15) is 33.6 Å². The Bertz CT molecular complexity index is 139. The monoisotopic (exact) mass is 185 g/mol. The van der Waals surface area contributed by atoms with Gasteiger partial charge in [-0.1, -0.05) is 20.8 Å². The second kappa shape index (κ2) is 4.97. The molecule has 78 valence electrons. The van der Waals surface area contributed by atoms with Gasteiger partial charge < -0.3 is 10.0 Å². The van der Waals surface area contributed by atoms with Crippen LogP contribution in [0.4, 0.5) is 0 Å². The molecule has 3 atom stereocenters. The molecule has 1 heterocycles. The summed E-state index contributed by atoms with van der Waals surface area (Å²) >= 11 is 0. The molecule has 1 rings (SSSR count). The first-order valence-electron chi connectivity index (χ1n) is 5.52. The highest BCUT2D eigenvalue weighted by Crippen LogP contribution is 2.20. The molecule has 13 heavy (non-hydrogen) atoms. The Labute approximate surface area is 81.9 Å². The van der Waals surface area contributed by atoms with Gasteiger partial charge in [0.1, 0.15) is 0 Å². The molecule has 1 aliphatic rings. The van der Waals surface area contributed by atoms with Crippen LogP contribution in [0, 0.1) is 11.8 Å². The molecule has 1 N–H and O–H groups in total. The third-order valence-corrected chi connectivity index (χ3v) is 2.88. The van der Waals surface area contributed by atoms with Crippen LogP contribution in [0.3, 0.4) is 0 Å². The Kier molecular flexibility index (Phi) is 4.20. The third-order valence-electron chi connectivity index (χ3n) is 2.88. The minimum Gasteiger partial charge on any atom is -0.392 e. The normalized spacial score (nSPS) is 33.2. The van der Waals surface area contributed by atoms with E-state index in [2.05, 4.69) is 18.7 Å². The predicted octanol–water partition coefficient (Wildman–Crippen LogP) is 1.74. The molecule has 1 saturated heterocycles. The smallest absolute Gasteiger partial charge is 0.0664 e. The van der Waals surface area contributed by atoms with Crippen LogP contribution in [0.5, 0.6) is 0 Å². The van der Waals surface area contributed by atoms with Crippen LogP contribution in [0.25, 0.3) is 0 Å². The van der Waals surface area contributed by atoms with Crippen LogP contribution in [0.15, 0.2) is 0 Å². The van der Waals surface area contributed by atoms with Crippen molar-refractivity contribution in [2.75, 3.05) is 19.6 Å². The summed E-state index contributed by atoms with van der Waals surface area (Å²) in [6, 6.07) is 0. The summed E-state index contributed by atoms with van der Waals surface area (Å²) in [5.74, 6) is 1.60. The van der Waals surface area contributed by atoms with Gasteiger partial charge in [-0.3, -0.25) is 0 Å². The summed E-state index contributed by atoms with van der Waals surface area (Å²) in [4.78, 5) is 2.41. The maximum atomic E-state index is 9.54. The number of hydrogen-bond acceptors (Lipinski definition) is 2. The molecule has 0 saturated carbocycles. The maximum absolute atomic E-state index is 9.54. The highest BCUT2D eigenvalue weighted by molar-refractivity contribution is 4.76. The summed E-state index contributed by atoms with van der Waals surface area (Å²) < 4.78 is 0. The Balaban J connectivity index is 2.32. The molecule has 0 radical (unpaired) electrons. The quantitative estimate of drug-likeness (QED) is 0.724. The van der Waals surface area contributed by atoms with E-state index in [9.17, 15) is 5.11 Å². The van der Waals surface area contributed by atoms with E-state index in [4.69, 9.17) is 0 Å². The average molecular weight is 185 g/mol. The van der Waals surface area contributed by atoms with Gasteiger partial charge in [0.05, 0.1) is 6.10 Å². The zero-order valence-corrected chi connectivity index (χ0v) is 9.16. The van der Waals surface area contributed by atoms with Gasteiger partial charge in [0.25, 0.3) is 0 Å². The summed E-state index contributed by atoms with van der Waals surface area (Å²) in [5, 5.41) is 9.54. The summed E-state index contributed by atoms with van der Waals surface area (Å²) in [6.45, 7) is 9.86. The molecular weight excluding hydrogens is 162 g/mol. The topological polar surface area (TPSA) is 23.5 Å². The lowest BCUT2D eigenvalue weighted by atomic mass is 9.92. The maximum Gasteiger partial charge on any atom is 0.0664 e. The molecule has 2 unspecified atom stereocenters. The van der Waals surface area contributed by atoms with Crippen molar-refractivity contribution in [2.45, 2.75) is 39.7 Å². The fraction of sp³-hybridized carbons (Fsp3) is 1.00. The fourth-order valence-corrected chi connectivity index (χ4v) is 2.37. The molecule has 0 aromatic heterocycles. The van der Waals surface area contributed by atoms with Crippen LogP contribution in [-0.2, 0) is 0 Å². The van der Waals surface area contributed by atoms with Gasteiger partial charge in [-0.05, 0) is 24.7 Å². The van der Waals surface area contributed by atoms with E-state index in [1.165, 1.54) is 19.5 Å². The number of aliphatic hydroxyl groups excluding tert-OH is 1. The standard InChI is InChI=1S/C11H23NO/c1-4-11(13)8-12-6-9(2)5-10(3)7-12/h9-11,13H,4-8H2,1-3H3/t9?,10?,11-/m1/s1. The SMILES string of the molecule is CC[C@@H](O)CN1CC(C)CC(C)C1. The third kappa shape index (κ3) is 3.65. The van der Waals surface area contributed by atoms with E-state index in [-0.39, 0.29) is 6.10 Å². The van der Waals surface area contributed by atoms with Gasteiger partial charge in [-0.25, -0.2) is 0 Å². The van der Waals surface area contributed by atoms with Crippen molar-refractivity contribution in [3.05, 3.63) is 0 Å². The first kappa shape index (κ1) is 11.0. The van der Waals surface area contributed by atoms with E-state index in [0.29, 0.717) is 0 Å². The zero-order valence-electron chi connectivity index (χ0n) is 9.16. The second-order valence-corrected chi connectivity index (χ2v) is 4.73. The Morgan fingerprint density at radius 1 is 1.31 bits per heavy atom. The summed E-state index contributed by atoms with van der Waals surface area (Å²) in [7, 11) is 0. The van der Waals surface area contributed by atoms with Gasteiger partial charge in [0.15, 0.2) is 0 Å². The van der Waals surface area contributed by atoms with Gasteiger partial charge in [-0.2, -0.15) is 0 Å². The van der Waals surface area contributed by atoms with Gasteiger partial charge in [-0.15, -0.1) is 0 Å². The van der Waals surface area contributed by atoms with Crippen molar-refractivity contribution in [1.29, 1.82) is 0 Å². The molecule has 2 nitrogen and oxygen atoms in total. The van der Waals surface area contributed by atoms with E-state index in [0.717, 1.165) is 24.8 Å². The molecule has 0 spiro atoms. The Morgan fingerprint density at radius 3 is 2.31 bits per heavy atom. The lowest BCUT2D eigenvalue weighted by Crippen LogP contribution is -2.42. The molecule has 0 aromatic carbocycles. The van der Waals surface area contributed by atoms with Gasteiger partial charge in [0, 0.05) is 19.6 Å². The van der Waals surface area contributed by atoms with E-state index >= 15 is 0 Å². The average Bonchev–Trinajstić information content (AvgIpc) is 2.02. The largest absolute Gasteiger partial charge is 0.392 e. The molecule has 0 aromatic rings. The van der Waals surface area contributed by atoms with E-state index in [1.807, 2.05) is 6.92 Å². The first-order valence-corrected chi connectivity index (χ1v) is 5.52. The van der Waals surface area contributed by atoms with Crippen molar-refractivity contribution in [1.82, 2.24) is 4.90 Å². The van der Waals surface area contributed by atoms with Crippen LogP contribution in [-0.4, -0.2) is 35.7 Å². The number of nitrogens with zero attached hydrogens (tertiary/aromatic N) is 1. The van der Waals surface area contributed by atoms with Crippen LogP contribution < -0.4 is 0 Å². The lowest BCUT2D eigenvalue weighted by Gasteiger charge is -2.35. The van der Waals surface area contributed by atoms with Crippen molar-refractivity contribution < 1.29 is 5.11 Å². The van der Waals surface area contributed by atoms with Crippen LogP contribution >= 0.6 is 0 Å². The molecular formula is C11H23NO. The van der Waals surface area contributed by atoms with Crippen molar-refractivity contribution >= 4 is 0 Å². The molecule has 0 bridgehead atoms. The van der Waals surface area contributed by atoms with E-state index in [1.54, 1.807) is 0 Å². The number of β-amino-alcohol motifs (C(OH)–C–C–N with tert-alkyl or cyclic N) is 1. The molecule has 1 fully saturated rings. The van der Waals surface area contributed by atoms with Crippen molar-refractivity contribution in [2.24, 2.45) is 11.8 Å². The predicted molar refractivity (Wildman–Crippen MR) is 55.7 cm³/mol. The van der Waals surface area contributed by atoms with Crippen LogP contribution in [0.2, 0.25) is 0 Å². The fourth-order valence-electron chi connectivity index (χ4n) is 2.37. The lowest BCUT2D eigenvalue weighted by molar-refractivity contribution is 0.0684. The summed E-state index contributed by atoms with van der Waals surface area (Å²) in [5.41, 5.74) is 0. The zero-order chi connectivity index (χ0) is 9.84.